The number of carbonyl (C=O) groups is 2. The Hall–Kier alpha value is -2.08. The molecule has 6 rings (SSSR count). The second-order valence-corrected chi connectivity index (χ2v) is 12.6. The first kappa shape index (κ1) is 25.0. The van der Waals surface area contributed by atoms with Crippen molar-refractivity contribution < 1.29 is 19.4 Å². The number of carbonyl (C=O) groups excluding carboxylic acids is 1. The van der Waals surface area contributed by atoms with Gasteiger partial charge in [-0.15, -0.1) is 0 Å². The molecule has 6 heteroatoms. The standard InChI is InChI=1S/C18H22O2.C10H20N2O2/c1-16-7-13-8-17(10-16,14-5-3-2-4-6-14)12-18(9-13,11-16)15(19)20;1-10(2,3)14-9(13)12-7-4-5-11-6-8-12/h2-6,13H,7-12H2,1H3,(H,19,20);11H,4-8H2,1-3H3. The predicted octanol–water partition coefficient (Wildman–Crippen LogP) is 5.22. The number of ether oxygens (including phenoxy) is 1. The maximum Gasteiger partial charge on any atom is 0.410 e. The van der Waals surface area contributed by atoms with Gasteiger partial charge in [0.1, 0.15) is 5.60 Å². The molecule has 5 fully saturated rings. The number of rotatable bonds is 2. The fraction of sp³-hybridized carbons (Fsp3) is 0.714. The normalized spacial score (nSPS) is 34.6. The zero-order valence-electron chi connectivity index (χ0n) is 21.4. The first-order chi connectivity index (χ1) is 15.9. The molecule has 0 radical (unpaired) electrons. The molecule has 4 bridgehead atoms. The molecule has 34 heavy (non-hydrogen) atoms. The molecule has 4 unspecified atom stereocenters. The number of amides is 1. The second-order valence-electron chi connectivity index (χ2n) is 12.6. The number of nitrogens with one attached hydrogen (secondary N) is 1. The van der Waals surface area contributed by atoms with Crippen LogP contribution in [0.25, 0.3) is 0 Å². The predicted molar refractivity (Wildman–Crippen MR) is 133 cm³/mol. The Bertz CT molecular complexity index is 889. The Labute approximate surface area is 204 Å². The van der Waals surface area contributed by atoms with E-state index in [1.807, 2.05) is 20.8 Å². The maximum atomic E-state index is 12.0. The van der Waals surface area contributed by atoms with Crippen molar-refractivity contribution in [2.45, 2.75) is 83.7 Å². The van der Waals surface area contributed by atoms with Crippen LogP contribution in [0.3, 0.4) is 0 Å². The first-order valence-electron chi connectivity index (χ1n) is 12.9. The minimum Gasteiger partial charge on any atom is -0.481 e. The first-order valence-corrected chi connectivity index (χ1v) is 12.9. The maximum absolute atomic E-state index is 12.0. The zero-order valence-corrected chi connectivity index (χ0v) is 21.4. The largest absolute Gasteiger partial charge is 0.481 e. The van der Waals surface area contributed by atoms with Gasteiger partial charge in [-0.2, -0.15) is 0 Å². The fourth-order valence-electron chi connectivity index (χ4n) is 7.63. The van der Waals surface area contributed by atoms with Crippen LogP contribution in [0.2, 0.25) is 0 Å². The molecule has 1 aromatic carbocycles. The van der Waals surface area contributed by atoms with Gasteiger partial charge in [-0.1, -0.05) is 37.3 Å². The Morgan fingerprint density at radius 3 is 2.41 bits per heavy atom. The lowest BCUT2D eigenvalue weighted by atomic mass is 9.39. The summed E-state index contributed by atoms with van der Waals surface area (Å²) in [6.07, 6.45) is 7.06. The van der Waals surface area contributed by atoms with Gasteiger partial charge in [0.15, 0.2) is 0 Å². The van der Waals surface area contributed by atoms with Gasteiger partial charge in [-0.25, -0.2) is 4.79 Å². The van der Waals surface area contributed by atoms with E-state index in [1.165, 1.54) is 24.8 Å². The van der Waals surface area contributed by atoms with E-state index in [1.54, 1.807) is 4.90 Å². The Morgan fingerprint density at radius 2 is 1.76 bits per heavy atom. The van der Waals surface area contributed by atoms with Gasteiger partial charge in [0.25, 0.3) is 0 Å². The summed E-state index contributed by atoms with van der Waals surface area (Å²) in [5, 5.41) is 13.1. The third kappa shape index (κ3) is 5.27. The third-order valence-corrected chi connectivity index (χ3v) is 8.18. The molecule has 0 aromatic heterocycles. The smallest absolute Gasteiger partial charge is 0.410 e. The van der Waals surface area contributed by atoms with Crippen LogP contribution in [0.1, 0.15) is 78.2 Å². The summed E-state index contributed by atoms with van der Waals surface area (Å²) in [5.74, 6) is 0.0562. The van der Waals surface area contributed by atoms with Crippen molar-refractivity contribution in [1.82, 2.24) is 10.2 Å². The van der Waals surface area contributed by atoms with Crippen LogP contribution in [-0.2, 0) is 14.9 Å². The number of hydrogen-bond donors (Lipinski definition) is 2. The van der Waals surface area contributed by atoms with Crippen molar-refractivity contribution in [2.24, 2.45) is 16.7 Å². The zero-order chi connectivity index (χ0) is 24.6. The summed E-state index contributed by atoms with van der Waals surface area (Å²) >= 11 is 0. The van der Waals surface area contributed by atoms with Gasteiger partial charge in [-0.05, 0) is 94.6 Å². The minimum absolute atomic E-state index is 0.119. The van der Waals surface area contributed by atoms with Crippen molar-refractivity contribution in [1.29, 1.82) is 0 Å². The Kier molecular flexibility index (Phi) is 6.75. The van der Waals surface area contributed by atoms with E-state index in [0.29, 0.717) is 5.92 Å². The van der Waals surface area contributed by atoms with E-state index in [0.717, 1.165) is 51.9 Å². The minimum atomic E-state index is -0.548. The van der Waals surface area contributed by atoms with Gasteiger partial charge in [0.2, 0.25) is 0 Å². The number of nitrogens with zero attached hydrogens (tertiary/aromatic N) is 1. The number of carboxylic acids is 1. The molecule has 1 saturated heterocycles. The summed E-state index contributed by atoms with van der Waals surface area (Å²) in [4.78, 5) is 25.4. The van der Waals surface area contributed by atoms with Gasteiger partial charge in [0, 0.05) is 19.6 Å². The topological polar surface area (TPSA) is 78.9 Å². The number of aliphatic carboxylic acids is 1. The van der Waals surface area contributed by atoms with Crippen LogP contribution in [0.15, 0.2) is 30.3 Å². The highest BCUT2D eigenvalue weighted by molar-refractivity contribution is 5.76. The summed E-state index contributed by atoms with van der Waals surface area (Å²) in [6.45, 7) is 11.4. The lowest BCUT2D eigenvalue weighted by molar-refractivity contribution is -0.177. The van der Waals surface area contributed by atoms with E-state index < -0.39 is 17.0 Å². The molecule has 188 valence electrons. The highest BCUT2D eigenvalue weighted by Gasteiger charge is 2.64. The molecule has 5 aliphatic rings. The SMILES string of the molecule is CC(C)(C)OC(=O)N1CCCNCC1.CC12CC3CC(C(=O)O)(C1)CC(c1ccccc1)(C3)C2. The number of benzene rings is 1. The molecule has 2 N–H and O–H groups in total. The van der Waals surface area contributed by atoms with E-state index >= 15 is 0 Å². The molecule has 6 nitrogen and oxygen atoms in total. The van der Waals surface area contributed by atoms with Crippen LogP contribution in [0, 0.1) is 16.7 Å². The van der Waals surface area contributed by atoms with Gasteiger partial charge >= 0.3 is 12.1 Å². The van der Waals surface area contributed by atoms with Gasteiger partial charge in [0.05, 0.1) is 5.41 Å². The molecule has 1 heterocycles. The van der Waals surface area contributed by atoms with Crippen molar-refractivity contribution in [3.05, 3.63) is 35.9 Å². The average molecular weight is 471 g/mol. The Balaban J connectivity index is 0.000000173. The highest BCUT2D eigenvalue weighted by atomic mass is 16.6. The molecule has 4 atom stereocenters. The molecular formula is C28H42N2O4. The average Bonchev–Trinajstić information content (AvgIpc) is 3.02. The molecule has 4 aliphatic carbocycles. The number of carboxylic acid groups (broad SMARTS) is 1. The van der Waals surface area contributed by atoms with Gasteiger partial charge in [-0.3, -0.25) is 4.79 Å². The summed E-state index contributed by atoms with van der Waals surface area (Å²) in [7, 11) is 0. The van der Waals surface area contributed by atoms with Gasteiger partial charge < -0.3 is 20.1 Å². The van der Waals surface area contributed by atoms with E-state index in [-0.39, 0.29) is 16.9 Å². The van der Waals surface area contributed by atoms with Crippen molar-refractivity contribution in [2.75, 3.05) is 26.2 Å². The fourth-order valence-corrected chi connectivity index (χ4v) is 7.63. The monoisotopic (exact) mass is 470 g/mol. The van der Waals surface area contributed by atoms with Crippen LogP contribution >= 0.6 is 0 Å². The molecule has 0 spiro atoms. The van der Waals surface area contributed by atoms with E-state index in [4.69, 9.17) is 4.74 Å². The van der Waals surface area contributed by atoms with Crippen LogP contribution in [0.5, 0.6) is 0 Å². The lowest BCUT2D eigenvalue weighted by Gasteiger charge is -2.64. The molecule has 1 aromatic rings. The van der Waals surface area contributed by atoms with Crippen molar-refractivity contribution in [3.63, 3.8) is 0 Å². The summed E-state index contributed by atoms with van der Waals surface area (Å²) in [5.41, 5.74) is 0.878. The number of hydrogen-bond acceptors (Lipinski definition) is 4. The molecule has 4 saturated carbocycles. The quantitative estimate of drug-likeness (QED) is 0.620. The Morgan fingerprint density at radius 1 is 1.03 bits per heavy atom. The molecule has 1 aliphatic heterocycles. The second kappa shape index (κ2) is 9.18. The van der Waals surface area contributed by atoms with Crippen LogP contribution in [0.4, 0.5) is 4.79 Å². The van der Waals surface area contributed by atoms with E-state index in [2.05, 4.69) is 42.6 Å². The summed E-state index contributed by atoms with van der Waals surface area (Å²) in [6, 6.07) is 10.7. The van der Waals surface area contributed by atoms with Crippen molar-refractivity contribution >= 4 is 12.1 Å². The summed E-state index contributed by atoms with van der Waals surface area (Å²) < 4.78 is 5.29. The third-order valence-electron chi connectivity index (χ3n) is 8.18. The lowest BCUT2D eigenvalue weighted by Crippen LogP contribution is -2.60. The van der Waals surface area contributed by atoms with E-state index in [9.17, 15) is 14.7 Å². The highest BCUT2D eigenvalue weighted by Crippen LogP contribution is 2.70. The van der Waals surface area contributed by atoms with Crippen LogP contribution in [-0.4, -0.2) is 53.8 Å². The van der Waals surface area contributed by atoms with Crippen molar-refractivity contribution in [3.8, 4) is 0 Å². The molecular weight excluding hydrogens is 428 g/mol. The van der Waals surface area contributed by atoms with Crippen LogP contribution < -0.4 is 5.32 Å². The molecule has 1 amide bonds.